The molecule has 1 aliphatic rings. The second-order valence-corrected chi connectivity index (χ2v) is 6.80. The quantitative estimate of drug-likeness (QED) is 0.811. The van der Waals surface area contributed by atoms with Crippen LogP contribution in [0, 0.1) is 6.92 Å². The Balaban J connectivity index is 1.42. The van der Waals surface area contributed by atoms with Crippen molar-refractivity contribution in [1.82, 2.24) is 19.6 Å². The molecule has 25 heavy (non-hydrogen) atoms. The highest BCUT2D eigenvalue weighted by Crippen LogP contribution is 2.08. The number of amides is 1. The van der Waals surface area contributed by atoms with Crippen LogP contribution in [-0.2, 0) is 17.8 Å². The molecule has 1 fully saturated rings. The SMILES string of the molecule is Cc1ccnn1CC(=O)N1CCCN(CCCc2ccccc2)CC1. The molecule has 5 nitrogen and oxygen atoms in total. The maximum atomic E-state index is 12.5. The Morgan fingerprint density at radius 3 is 2.68 bits per heavy atom. The number of carbonyl (C=O) groups is 1. The van der Waals surface area contributed by atoms with Crippen molar-refractivity contribution >= 4 is 5.91 Å². The van der Waals surface area contributed by atoms with Crippen molar-refractivity contribution in [3.8, 4) is 0 Å². The summed E-state index contributed by atoms with van der Waals surface area (Å²) < 4.78 is 1.78. The molecule has 5 heteroatoms. The van der Waals surface area contributed by atoms with Crippen LogP contribution in [0.5, 0.6) is 0 Å². The minimum atomic E-state index is 0.179. The monoisotopic (exact) mass is 340 g/mol. The molecule has 1 saturated heterocycles. The fourth-order valence-corrected chi connectivity index (χ4v) is 3.39. The van der Waals surface area contributed by atoms with Gasteiger partial charge in [-0.1, -0.05) is 30.3 Å². The van der Waals surface area contributed by atoms with Gasteiger partial charge in [-0.25, -0.2) is 0 Å². The first-order valence-corrected chi connectivity index (χ1v) is 9.25. The van der Waals surface area contributed by atoms with E-state index in [0.717, 1.165) is 51.3 Å². The van der Waals surface area contributed by atoms with E-state index in [4.69, 9.17) is 0 Å². The van der Waals surface area contributed by atoms with E-state index in [2.05, 4.69) is 40.3 Å². The molecule has 1 aromatic carbocycles. The van der Waals surface area contributed by atoms with E-state index in [9.17, 15) is 4.79 Å². The summed E-state index contributed by atoms with van der Waals surface area (Å²) in [5.41, 5.74) is 2.44. The summed E-state index contributed by atoms with van der Waals surface area (Å²) in [5.74, 6) is 0.179. The molecule has 0 unspecified atom stereocenters. The van der Waals surface area contributed by atoms with E-state index in [1.165, 1.54) is 12.0 Å². The van der Waals surface area contributed by atoms with Crippen molar-refractivity contribution < 1.29 is 4.79 Å². The molecular formula is C20H28N4O. The topological polar surface area (TPSA) is 41.4 Å². The molecule has 134 valence electrons. The first-order chi connectivity index (χ1) is 12.2. The van der Waals surface area contributed by atoms with Crippen LogP contribution in [0.25, 0.3) is 0 Å². The van der Waals surface area contributed by atoms with Gasteiger partial charge in [0.25, 0.3) is 0 Å². The summed E-state index contributed by atoms with van der Waals surface area (Å²) in [4.78, 5) is 17.0. The summed E-state index contributed by atoms with van der Waals surface area (Å²) in [6.45, 7) is 7.18. The third-order valence-corrected chi connectivity index (χ3v) is 4.94. The summed E-state index contributed by atoms with van der Waals surface area (Å²) in [7, 11) is 0. The molecule has 1 aliphatic heterocycles. The lowest BCUT2D eigenvalue weighted by Crippen LogP contribution is -2.37. The van der Waals surface area contributed by atoms with Crippen LogP contribution in [0.3, 0.4) is 0 Å². The summed E-state index contributed by atoms with van der Waals surface area (Å²) in [6, 6.07) is 12.6. The second kappa shape index (κ2) is 8.81. The van der Waals surface area contributed by atoms with Gasteiger partial charge in [-0.2, -0.15) is 5.10 Å². The maximum absolute atomic E-state index is 12.5. The Morgan fingerprint density at radius 2 is 1.92 bits per heavy atom. The standard InChI is InChI=1S/C20H28N4O/c1-18-10-11-21-24(18)17-20(25)23-14-6-13-22(15-16-23)12-5-9-19-7-3-2-4-8-19/h2-4,7-8,10-11H,5-6,9,12-17H2,1H3. The van der Waals surface area contributed by atoms with Crippen molar-refractivity contribution in [2.75, 3.05) is 32.7 Å². The van der Waals surface area contributed by atoms with E-state index in [-0.39, 0.29) is 5.91 Å². The number of hydrogen-bond donors (Lipinski definition) is 0. The van der Waals surface area contributed by atoms with Gasteiger partial charge in [0, 0.05) is 31.5 Å². The minimum Gasteiger partial charge on any atom is -0.340 e. The number of aromatic nitrogens is 2. The average Bonchev–Trinajstić information content (AvgIpc) is 2.88. The zero-order valence-electron chi connectivity index (χ0n) is 15.1. The Labute approximate surface area is 150 Å². The third kappa shape index (κ3) is 5.16. The molecule has 1 aromatic heterocycles. The van der Waals surface area contributed by atoms with Crippen molar-refractivity contribution in [1.29, 1.82) is 0 Å². The summed E-state index contributed by atoms with van der Waals surface area (Å²) in [5, 5.41) is 4.22. The molecule has 0 saturated carbocycles. The number of aryl methyl sites for hydroxylation is 2. The predicted octanol–water partition coefficient (Wildman–Crippen LogP) is 2.36. The van der Waals surface area contributed by atoms with E-state index >= 15 is 0 Å². The largest absolute Gasteiger partial charge is 0.340 e. The van der Waals surface area contributed by atoms with Gasteiger partial charge in [0.05, 0.1) is 0 Å². The zero-order valence-corrected chi connectivity index (χ0v) is 15.1. The van der Waals surface area contributed by atoms with Crippen molar-refractivity contribution in [3.05, 3.63) is 53.9 Å². The van der Waals surface area contributed by atoms with E-state index in [1.807, 2.05) is 17.9 Å². The molecule has 2 heterocycles. The molecule has 0 spiro atoms. The highest BCUT2D eigenvalue weighted by molar-refractivity contribution is 5.76. The van der Waals surface area contributed by atoms with Gasteiger partial charge >= 0.3 is 0 Å². The number of benzene rings is 1. The molecule has 0 atom stereocenters. The number of carbonyl (C=O) groups excluding carboxylic acids is 1. The Bertz CT molecular complexity index is 667. The lowest BCUT2D eigenvalue weighted by molar-refractivity contribution is -0.131. The van der Waals surface area contributed by atoms with Gasteiger partial charge in [-0.3, -0.25) is 9.48 Å². The van der Waals surface area contributed by atoms with E-state index in [1.54, 1.807) is 10.9 Å². The average molecular weight is 340 g/mol. The molecule has 2 aromatic rings. The fraction of sp³-hybridized carbons (Fsp3) is 0.500. The second-order valence-electron chi connectivity index (χ2n) is 6.80. The first kappa shape index (κ1) is 17.7. The Hall–Kier alpha value is -2.14. The van der Waals surface area contributed by atoms with Gasteiger partial charge in [0.15, 0.2) is 0 Å². The highest BCUT2D eigenvalue weighted by Gasteiger charge is 2.19. The lowest BCUT2D eigenvalue weighted by atomic mass is 10.1. The van der Waals surface area contributed by atoms with Crippen molar-refractivity contribution in [3.63, 3.8) is 0 Å². The van der Waals surface area contributed by atoms with Crippen LogP contribution >= 0.6 is 0 Å². The molecule has 3 rings (SSSR count). The lowest BCUT2D eigenvalue weighted by Gasteiger charge is -2.22. The smallest absolute Gasteiger partial charge is 0.244 e. The number of nitrogens with zero attached hydrogens (tertiary/aromatic N) is 4. The molecule has 1 amide bonds. The minimum absolute atomic E-state index is 0.179. The van der Waals surface area contributed by atoms with Gasteiger partial charge in [-0.15, -0.1) is 0 Å². The fourth-order valence-electron chi connectivity index (χ4n) is 3.39. The normalized spacial score (nSPS) is 16.0. The number of rotatable bonds is 6. The molecule has 0 bridgehead atoms. The first-order valence-electron chi connectivity index (χ1n) is 9.25. The Kier molecular flexibility index (Phi) is 6.23. The Morgan fingerprint density at radius 1 is 1.08 bits per heavy atom. The number of hydrogen-bond acceptors (Lipinski definition) is 3. The van der Waals surface area contributed by atoms with E-state index < -0.39 is 0 Å². The summed E-state index contributed by atoms with van der Waals surface area (Å²) >= 11 is 0. The zero-order chi connectivity index (χ0) is 17.5. The van der Waals surface area contributed by atoms with Crippen LogP contribution in [0.1, 0.15) is 24.1 Å². The summed E-state index contributed by atoms with van der Waals surface area (Å²) in [6.07, 6.45) is 5.09. The van der Waals surface area contributed by atoms with Crippen LogP contribution in [0.4, 0.5) is 0 Å². The van der Waals surface area contributed by atoms with Crippen LogP contribution < -0.4 is 0 Å². The maximum Gasteiger partial charge on any atom is 0.244 e. The van der Waals surface area contributed by atoms with Crippen LogP contribution in [0.2, 0.25) is 0 Å². The third-order valence-electron chi connectivity index (χ3n) is 4.94. The van der Waals surface area contributed by atoms with Gasteiger partial charge in [-0.05, 0) is 50.9 Å². The molecule has 0 aliphatic carbocycles. The predicted molar refractivity (Wildman–Crippen MR) is 99.4 cm³/mol. The van der Waals surface area contributed by atoms with Crippen LogP contribution in [-0.4, -0.2) is 58.2 Å². The van der Waals surface area contributed by atoms with Crippen molar-refractivity contribution in [2.45, 2.75) is 32.7 Å². The van der Waals surface area contributed by atoms with Crippen LogP contribution in [0.15, 0.2) is 42.6 Å². The molecule has 0 N–H and O–H groups in total. The molecular weight excluding hydrogens is 312 g/mol. The van der Waals surface area contributed by atoms with E-state index in [0.29, 0.717) is 6.54 Å². The molecule has 0 radical (unpaired) electrons. The highest BCUT2D eigenvalue weighted by atomic mass is 16.2. The van der Waals surface area contributed by atoms with Crippen molar-refractivity contribution in [2.24, 2.45) is 0 Å². The van der Waals surface area contributed by atoms with Gasteiger partial charge in [0.1, 0.15) is 6.54 Å². The van der Waals surface area contributed by atoms with Gasteiger partial charge < -0.3 is 9.80 Å². The van der Waals surface area contributed by atoms with Gasteiger partial charge in [0.2, 0.25) is 5.91 Å².